The first-order chi connectivity index (χ1) is 14.8. The molecule has 1 unspecified atom stereocenters. The number of carboxylic acids is 1. The highest BCUT2D eigenvalue weighted by Crippen LogP contribution is 2.40. The highest BCUT2D eigenvalue weighted by atomic mass is 16.5. The lowest BCUT2D eigenvalue weighted by molar-refractivity contribution is -0.138. The van der Waals surface area contributed by atoms with Gasteiger partial charge in [0, 0.05) is 35.6 Å². The maximum atomic E-state index is 12.0. The Morgan fingerprint density at radius 2 is 1.74 bits per heavy atom. The van der Waals surface area contributed by atoms with Gasteiger partial charge in [-0.05, 0) is 66.8 Å². The molecule has 0 bridgehead atoms. The molecule has 0 saturated heterocycles. The molecular weight excluding hydrogens is 388 g/mol. The first-order valence-corrected chi connectivity index (χ1v) is 10.7. The van der Waals surface area contributed by atoms with Gasteiger partial charge in [-0.2, -0.15) is 0 Å². The number of hydrogen-bond donors (Lipinski definition) is 1. The molecule has 1 N–H and O–H groups in total. The molecule has 0 spiro atoms. The molecule has 4 rings (SSSR count). The van der Waals surface area contributed by atoms with Gasteiger partial charge in [0.15, 0.2) is 0 Å². The Kier molecular flexibility index (Phi) is 5.68. The molecule has 1 aliphatic heterocycles. The van der Waals surface area contributed by atoms with Crippen molar-refractivity contribution in [3.8, 4) is 17.0 Å². The molecule has 0 aliphatic carbocycles. The van der Waals surface area contributed by atoms with Crippen molar-refractivity contribution in [3.05, 3.63) is 71.9 Å². The molecule has 5 heteroatoms. The summed E-state index contributed by atoms with van der Waals surface area (Å²) in [6, 6.07) is 17.6. The van der Waals surface area contributed by atoms with Gasteiger partial charge < -0.3 is 14.7 Å². The average Bonchev–Trinajstić information content (AvgIpc) is 3.13. The van der Waals surface area contributed by atoms with Crippen LogP contribution >= 0.6 is 0 Å². The van der Waals surface area contributed by atoms with E-state index in [1.807, 2.05) is 55.1 Å². The number of benzene rings is 2. The highest BCUT2D eigenvalue weighted by molar-refractivity contribution is 5.88. The minimum atomic E-state index is -0.817. The number of aromatic nitrogens is 1. The van der Waals surface area contributed by atoms with Crippen LogP contribution in [0.2, 0.25) is 0 Å². The van der Waals surface area contributed by atoms with Crippen LogP contribution in [0.25, 0.3) is 11.1 Å². The summed E-state index contributed by atoms with van der Waals surface area (Å²) in [6.07, 6.45) is 2.34. The van der Waals surface area contributed by atoms with Crippen molar-refractivity contribution in [3.63, 3.8) is 0 Å². The Hall–Kier alpha value is -3.34. The SMILES string of the molecule is CC(C)Oc1ccc(-c2ccc3c(c2)CC(C(=O)O)N3c2ccc(C(C)C)cc2)cn1. The zero-order valence-corrected chi connectivity index (χ0v) is 18.4. The molecule has 2 heterocycles. The van der Waals surface area contributed by atoms with Crippen LogP contribution in [-0.4, -0.2) is 28.2 Å². The number of rotatable bonds is 6. The fourth-order valence-corrected chi connectivity index (χ4v) is 4.03. The van der Waals surface area contributed by atoms with E-state index in [4.69, 9.17) is 4.74 Å². The number of carbonyl (C=O) groups is 1. The van der Waals surface area contributed by atoms with Gasteiger partial charge in [0.1, 0.15) is 6.04 Å². The van der Waals surface area contributed by atoms with Crippen molar-refractivity contribution >= 4 is 17.3 Å². The fourth-order valence-electron chi connectivity index (χ4n) is 4.03. The van der Waals surface area contributed by atoms with Gasteiger partial charge in [-0.15, -0.1) is 0 Å². The Labute approximate surface area is 183 Å². The summed E-state index contributed by atoms with van der Waals surface area (Å²) in [5.41, 5.74) is 6.11. The van der Waals surface area contributed by atoms with E-state index in [-0.39, 0.29) is 6.10 Å². The van der Waals surface area contributed by atoms with Crippen LogP contribution < -0.4 is 9.64 Å². The lowest BCUT2D eigenvalue weighted by Gasteiger charge is -2.25. The Morgan fingerprint density at radius 3 is 2.32 bits per heavy atom. The first-order valence-electron chi connectivity index (χ1n) is 10.7. The molecule has 0 radical (unpaired) electrons. The van der Waals surface area contributed by atoms with Crippen LogP contribution in [0.15, 0.2) is 60.8 Å². The molecule has 1 aromatic heterocycles. The second-order valence-electron chi connectivity index (χ2n) is 8.57. The highest BCUT2D eigenvalue weighted by Gasteiger charge is 2.35. The van der Waals surface area contributed by atoms with E-state index in [1.54, 1.807) is 6.20 Å². The molecule has 0 fully saturated rings. The molecule has 0 amide bonds. The molecule has 1 atom stereocenters. The second-order valence-corrected chi connectivity index (χ2v) is 8.57. The van der Waals surface area contributed by atoms with Crippen molar-refractivity contribution in [2.75, 3.05) is 4.90 Å². The predicted octanol–water partition coefficient (Wildman–Crippen LogP) is 5.81. The number of ether oxygens (including phenoxy) is 1. The third-order valence-corrected chi connectivity index (χ3v) is 5.61. The Bertz CT molecular complexity index is 1070. The third kappa shape index (κ3) is 4.26. The van der Waals surface area contributed by atoms with Gasteiger partial charge in [-0.1, -0.05) is 32.0 Å². The van der Waals surface area contributed by atoms with E-state index in [0.717, 1.165) is 28.1 Å². The van der Waals surface area contributed by atoms with Crippen molar-refractivity contribution < 1.29 is 14.6 Å². The van der Waals surface area contributed by atoms with Crippen LogP contribution in [0.3, 0.4) is 0 Å². The van der Waals surface area contributed by atoms with Crippen LogP contribution in [-0.2, 0) is 11.2 Å². The van der Waals surface area contributed by atoms with E-state index in [2.05, 4.69) is 37.0 Å². The number of hydrogen-bond acceptors (Lipinski definition) is 4. The normalized spacial score (nSPS) is 15.4. The van der Waals surface area contributed by atoms with Crippen molar-refractivity contribution in [2.24, 2.45) is 0 Å². The lowest BCUT2D eigenvalue weighted by atomic mass is 10.0. The average molecular weight is 417 g/mol. The van der Waals surface area contributed by atoms with Crippen LogP contribution in [0.1, 0.15) is 44.7 Å². The second kappa shape index (κ2) is 8.42. The Balaban J connectivity index is 1.66. The van der Waals surface area contributed by atoms with Gasteiger partial charge in [0.2, 0.25) is 5.88 Å². The summed E-state index contributed by atoms with van der Waals surface area (Å²) in [6.45, 7) is 8.24. The number of pyridine rings is 1. The number of carboxylic acid groups (broad SMARTS) is 1. The zero-order valence-electron chi connectivity index (χ0n) is 18.4. The van der Waals surface area contributed by atoms with Crippen LogP contribution in [0.5, 0.6) is 5.88 Å². The van der Waals surface area contributed by atoms with Crippen LogP contribution in [0, 0.1) is 0 Å². The van der Waals surface area contributed by atoms with Gasteiger partial charge in [-0.3, -0.25) is 0 Å². The largest absolute Gasteiger partial charge is 0.480 e. The minimum Gasteiger partial charge on any atom is -0.480 e. The summed E-state index contributed by atoms with van der Waals surface area (Å²) in [7, 11) is 0. The van der Waals surface area contributed by atoms with Gasteiger partial charge in [-0.25, -0.2) is 9.78 Å². The number of anilines is 2. The topological polar surface area (TPSA) is 62.7 Å². The van der Waals surface area contributed by atoms with Gasteiger partial charge in [0.05, 0.1) is 6.10 Å². The molecule has 2 aromatic carbocycles. The molecule has 160 valence electrons. The summed E-state index contributed by atoms with van der Waals surface area (Å²) in [5.74, 6) is 0.216. The summed E-state index contributed by atoms with van der Waals surface area (Å²) < 4.78 is 5.62. The summed E-state index contributed by atoms with van der Waals surface area (Å²) >= 11 is 0. The predicted molar refractivity (Wildman–Crippen MR) is 123 cm³/mol. The molecule has 0 saturated carbocycles. The van der Waals surface area contributed by atoms with Gasteiger partial charge in [0.25, 0.3) is 0 Å². The standard InChI is InChI=1S/C26H28N2O3/c1-16(2)18-5-9-22(10-6-18)28-23-11-7-19(13-21(23)14-24(28)26(29)30)20-8-12-25(27-15-20)31-17(3)4/h5-13,15-17,24H,14H2,1-4H3,(H,29,30). The minimum absolute atomic E-state index is 0.0758. The maximum Gasteiger partial charge on any atom is 0.327 e. The van der Waals surface area contributed by atoms with E-state index >= 15 is 0 Å². The monoisotopic (exact) mass is 416 g/mol. The van der Waals surface area contributed by atoms with E-state index in [9.17, 15) is 9.90 Å². The molecule has 31 heavy (non-hydrogen) atoms. The summed E-state index contributed by atoms with van der Waals surface area (Å²) in [5, 5.41) is 9.88. The number of aliphatic carboxylic acids is 1. The van der Waals surface area contributed by atoms with Crippen molar-refractivity contribution in [2.45, 2.75) is 52.2 Å². The molecule has 3 aromatic rings. The molecular formula is C26H28N2O3. The third-order valence-electron chi connectivity index (χ3n) is 5.61. The lowest BCUT2D eigenvalue weighted by Crippen LogP contribution is -2.35. The Morgan fingerprint density at radius 1 is 1.03 bits per heavy atom. The molecule has 5 nitrogen and oxygen atoms in total. The first kappa shape index (κ1) is 20.9. The smallest absolute Gasteiger partial charge is 0.327 e. The number of nitrogens with zero attached hydrogens (tertiary/aromatic N) is 2. The molecule has 1 aliphatic rings. The maximum absolute atomic E-state index is 12.0. The van der Waals surface area contributed by atoms with Crippen LogP contribution in [0.4, 0.5) is 11.4 Å². The van der Waals surface area contributed by atoms with E-state index in [0.29, 0.717) is 18.2 Å². The quantitative estimate of drug-likeness (QED) is 0.550. The zero-order chi connectivity index (χ0) is 22.1. The number of fused-ring (bicyclic) bond motifs is 1. The van der Waals surface area contributed by atoms with Crippen molar-refractivity contribution in [1.29, 1.82) is 0 Å². The van der Waals surface area contributed by atoms with Gasteiger partial charge >= 0.3 is 5.97 Å². The summed E-state index contributed by atoms with van der Waals surface area (Å²) in [4.78, 5) is 18.4. The fraction of sp³-hybridized carbons (Fsp3) is 0.308. The van der Waals surface area contributed by atoms with E-state index < -0.39 is 12.0 Å². The van der Waals surface area contributed by atoms with Crippen molar-refractivity contribution in [1.82, 2.24) is 4.98 Å². The van der Waals surface area contributed by atoms with E-state index in [1.165, 1.54) is 5.56 Å².